The van der Waals surface area contributed by atoms with E-state index in [1.54, 1.807) is 0 Å². The number of likely N-dealkylation sites (tertiary alicyclic amines) is 1. The van der Waals surface area contributed by atoms with Gasteiger partial charge in [0.15, 0.2) is 0 Å². The van der Waals surface area contributed by atoms with Crippen molar-refractivity contribution in [1.82, 2.24) is 19.9 Å². The molecule has 0 unspecified atom stereocenters. The van der Waals surface area contributed by atoms with E-state index in [1.807, 2.05) is 32.3 Å². The molecule has 4 heteroatoms. The summed E-state index contributed by atoms with van der Waals surface area (Å²) in [4.78, 5) is 16.5. The van der Waals surface area contributed by atoms with Crippen molar-refractivity contribution in [2.45, 2.75) is 46.1 Å². The standard InChI is InChI=1S/C22H26N4/c1-15-6-7-20(17(3)25-15)19-12-22-21(24-14-19)11-18(13-23-22)8-10-26-9-4-5-16(26)2/h6-7,11-14,16H,4-5,8-10H2,1-3H3/t16-/m1/s1. The summed E-state index contributed by atoms with van der Waals surface area (Å²) in [6, 6.07) is 9.19. The number of aromatic nitrogens is 3. The van der Waals surface area contributed by atoms with Gasteiger partial charge in [-0.15, -0.1) is 0 Å². The fourth-order valence-corrected chi connectivity index (χ4v) is 3.92. The molecule has 1 aliphatic rings. The lowest BCUT2D eigenvalue weighted by Crippen LogP contribution is -2.28. The van der Waals surface area contributed by atoms with Crippen molar-refractivity contribution >= 4 is 11.0 Å². The van der Waals surface area contributed by atoms with Crippen LogP contribution in [0.5, 0.6) is 0 Å². The van der Waals surface area contributed by atoms with Gasteiger partial charge in [-0.1, -0.05) is 6.07 Å². The van der Waals surface area contributed by atoms with Gasteiger partial charge in [0.05, 0.1) is 11.0 Å². The van der Waals surface area contributed by atoms with Crippen molar-refractivity contribution in [2.75, 3.05) is 13.1 Å². The first-order valence-corrected chi connectivity index (χ1v) is 9.53. The highest BCUT2D eigenvalue weighted by Gasteiger charge is 2.19. The van der Waals surface area contributed by atoms with Crippen LogP contribution in [0.2, 0.25) is 0 Å². The first-order chi connectivity index (χ1) is 12.6. The van der Waals surface area contributed by atoms with Crippen molar-refractivity contribution in [3.8, 4) is 11.1 Å². The van der Waals surface area contributed by atoms with Gasteiger partial charge in [-0.2, -0.15) is 0 Å². The largest absolute Gasteiger partial charge is 0.300 e. The van der Waals surface area contributed by atoms with Gasteiger partial charge < -0.3 is 4.90 Å². The molecule has 3 aromatic rings. The van der Waals surface area contributed by atoms with E-state index in [1.165, 1.54) is 24.9 Å². The minimum atomic E-state index is 0.718. The number of fused-ring (bicyclic) bond motifs is 1. The van der Waals surface area contributed by atoms with Gasteiger partial charge in [0.25, 0.3) is 0 Å². The molecule has 0 saturated carbocycles. The molecule has 0 radical (unpaired) electrons. The molecule has 26 heavy (non-hydrogen) atoms. The van der Waals surface area contributed by atoms with Gasteiger partial charge in [-0.3, -0.25) is 15.0 Å². The molecule has 0 aromatic carbocycles. The lowest BCUT2D eigenvalue weighted by Gasteiger charge is -2.20. The monoisotopic (exact) mass is 346 g/mol. The predicted molar refractivity (Wildman–Crippen MR) is 106 cm³/mol. The number of pyridine rings is 3. The lowest BCUT2D eigenvalue weighted by molar-refractivity contribution is 0.272. The third kappa shape index (κ3) is 3.47. The number of nitrogens with zero attached hydrogens (tertiary/aromatic N) is 4. The number of hydrogen-bond donors (Lipinski definition) is 0. The van der Waals surface area contributed by atoms with Crippen LogP contribution < -0.4 is 0 Å². The first-order valence-electron chi connectivity index (χ1n) is 9.53. The summed E-state index contributed by atoms with van der Waals surface area (Å²) in [7, 11) is 0. The predicted octanol–water partition coefficient (Wildman–Crippen LogP) is 4.34. The molecule has 4 nitrogen and oxygen atoms in total. The van der Waals surface area contributed by atoms with E-state index in [0.29, 0.717) is 0 Å². The third-order valence-electron chi connectivity index (χ3n) is 5.50. The highest BCUT2D eigenvalue weighted by molar-refractivity contribution is 5.81. The molecule has 1 saturated heterocycles. The highest BCUT2D eigenvalue weighted by atomic mass is 15.2. The molecule has 0 amide bonds. The smallest absolute Gasteiger partial charge is 0.0893 e. The van der Waals surface area contributed by atoms with E-state index in [-0.39, 0.29) is 0 Å². The van der Waals surface area contributed by atoms with Gasteiger partial charge >= 0.3 is 0 Å². The van der Waals surface area contributed by atoms with E-state index in [9.17, 15) is 0 Å². The second-order valence-corrected chi connectivity index (χ2v) is 7.47. The minimum absolute atomic E-state index is 0.718. The molecule has 134 valence electrons. The van der Waals surface area contributed by atoms with E-state index in [0.717, 1.165) is 52.6 Å². The third-order valence-corrected chi connectivity index (χ3v) is 5.50. The molecule has 0 bridgehead atoms. The maximum Gasteiger partial charge on any atom is 0.0893 e. The summed E-state index contributed by atoms with van der Waals surface area (Å²) in [5, 5.41) is 0. The van der Waals surface area contributed by atoms with Crippen LogP contribution in [0.25, 0.3) is 22.2 Å². The maximum absolute atomic E-state index is 4.68. The summed E-state index contributed by atoms with van der Waals surface area (Å²) in [5.74, 6) is 0. The molecule has 3 aromatic heterocycles. The Morgan fingerprint density at radius 3 is 2.65 bits per heavy atom. The van der Waals surface area contributed by atoms with Crippen molar-refractivity contribution in [3.63, 3.8) is 0 Å². The van der Waals surface area contributed by atoms with Crippen LogP contribution in [0.1, 0.15) is 36.7 Å². The molecule has 1 atom stereocenters. The van der Waals surface area contributed by atoms with E-state index < -0.39 is 0 Å². The van der Waals surface area contributed by atoms with Gasteiger partial charge in [0.1, 0.15) is 0 Å². The van der Waals surface area contributed by atoms with Crippen LogP contribution in [-0.4, -0.2) is 39.0 Å². The van der Waals surface area contributed by atoms with Gasteiger partial charge in [-0.05, 0) is 70.3 Å². The summed E-state index contributed by atoms with van der Waals surface area (Å²) in [5.41, 5.74) is 7.45. The van der Waals surface area contributed by atoms with Crippen LogP contribution >= 0.6 is 0 Å². The van der Waals surface area contributed by atoms with Crippen LogP contribution in [0.15, 0.2) is 36.7 Å². The average Bonchev–Trinajstić information content (AvgIpc) is 3.04. The van der Waals surface area contributed by atoms with E-state index >= 15 is 0 Å². The van der Waals surface area contributed by atoms with Crippen LogP contribution in [0.4, 0.5) is 0 Å². The Balaban J connectivity index is 1.56. The maximum atomic E-state index is 4.68. The molecule has 0 spiro atoms. The van der Waals surface area contributed by atoms with Crippen LogP contribution in [0, 0.1) is 13.8 Å². The molecular weight excluding hydrogens is 320 g/mol. The average molecular weight is 346 g/mol. The normalized spacial score (nSPS) is 17.9. The second-order valence-electron chi connectivity index (χ2n) is 7.47. The highest BCUT2D eigenvalue weighted by Crippen LogP contribution is 2.25. The zero-order chi connectivity index (χ0) is 18.1. The van der Waals surface area contributed by atoms with Crippen molar-refractivity contribution in [2.24, 2.45) is 0 Å². The Morgan fingerprint density at radius 1 is 1.08 bits per heavy atom. The minimum Gasteiger partial charge on any atom is -0.300 e. The zero-order valence-electron chi connectivity index (χ0n) is 15.9. The molecule has 1 aliphatic heterocycles. The molecular formula is C22H26N4. The Hall–Kier alpha value is -2.33. The number of rotatable bonds is 4. The van der Waals surface area contributed by atoms with Gasteiger partial charge in [0.2, 0.25) is 0 Å². The SMILES string of the molecule is Cc1ccc(-c2cnc3cc(CCN4CCC[C@H]4C)cnc3c2)c(C)n1. The topological polar surface area (TPSA) is 41.9 Å². The number of hydrogen-bond acceptors (Lipinski definition) is 4. The molecule has 0 aliphatic carbocycles. The molecule has 4 rings (SSSR count). The Morgan fingerprint density at radius 2 is 1.88 bits per heavy atom. The lowest BCUT2D eigenvalue weighted by atomic mass is 10.0. The van der Waals surface area contributed by atoms with E-state index in [4.69, 9.17) is 0 Å². The summed E-state index contributed by atoms with van der Waals surface area (Å²) in [6.45, 7) is 8.73. The number of aryl methyl sites for hydroxylation is 2. The fourth-order valence-electron chi connectivity index (χ4n) is 3.92. The molecule has 1 fully saturated rings. The summed E-state index contributed by atoms with van der Waals surface area (Å²) in [6.07, 6.45) is 7.64. The van der Waals surface area contributed by atoms with Crippen molar-refractivity contribution in [1.29, 1.82) is 0 Å². The van der Waals surface area contributed by atoms with Crippen molar-refractivity contribution < 1.29 is 0 Å². The first kappa shape index (κ1) is 17.1. The quantitative estimate of drug-likeness (QED) is 0.705. The van der Waals surface area contributed by atoms with Crippen LogP contribution in [-0.2, 0) is 6.42 Å². The summed E-state index contributed by atoms with van der Waals surface area (Å²) < 4.78 is 0. The molecule has 4 heterocycles. The fraction of sp³-hybridized carbons (Fsp3) is 0.409. The second kappa shape index (κ2) is 7.12. The van der Waals surface area contributed by atoms with Crippen molar-refractivity contribution in [3.05, 3.63) is 53.6 Å². The van der Waals surface area contributed by atoms with Gasteiger partial charge in [0, 0.05) is 47.5 Å². The summed E-state index contributed by atoms with van der Waals surface area (Å²) >= 11 is 0. The van der Waals surface area contributed by atoms with E-state index in [2.05, 4.69) is 45.0 Å². The Kier molecular flexibility index (Phi) is 4.68. The Bertz CT molecular complexity index is 935. The zero-order valence-corrected chi connectivity index (χ0v) is 15.9. The van der Waals surface area contributed by atoms with Gasteiger partial charge in [-0.25, -0.2) is 0 Å². The molecule has 0 N–H and O–H groups in total. The van der Waals surface area contributed by atoms with Crippen LogP contribution in [0.3, 0.4) is 0 Å². The Labute approximate surface area is 155 Å².